The van der Waals surface area contributed by atoms with E-state index in [1.54, 1.807) is 0 Å². The van der Waals surface area contributed by atoms with Crippen molar-refractivity contribution in [2.75, 3.05) is 31.8 Å². The van der Waals surface area contributed by atoms with Crippen molar-refractivity contribution in [3.05, 3.63) is 4.88 Å². The number of thiazole rings is 1. The van der Waals surface area contributed by atoms with Crippen LogP contribution >= 0.6 is 11.3 Å². The van der Waals surface area contributed by atoms with Gasteiger partial charge < -0.3 is 15.5 Å². The molecular weight excluding hydrogens is 272 g/mol. The lowest BCUT2D eigenvalue weighted by Gasteiger charge is -2.33. The molecule has 6 heteroatoms. The fourth-order valence-electron chi connectivity index (χ4n) is 2.74. The highest BCUT2D eigenvalue weighted by Gasteiger charge is 2.28. The highest BCUT2D eigenvalue weighted by Crippen LogP contribution is 2.31. The Bertz CT molecular complexity index is 486. The number of carbonyl (C=O) groups is 1. The number of nitrogens with two attached hydrogens (primary N) is 1. The molecule has 0 spiro atoms. The smallest absolute Gasteiger partial charge is 0.267 e. The second-order valence-electron chi connectivity index (χ2n) is 5.95. The van der Waals surface area contributed by atoms with Gasteiger partial charge in [0.2, 0.25) is 0 Å². The average molecular weight is 296 g/mol. The fraction of sp³-hybridized carbons (Fsp3) is 0.714. The van der Waals surface area contributed by atoms with E-state index in [-0.39, 0.29) is 5.91 Å². The lowest BCUT2D eigenvalue weighted by Crippen LogP contribution is -2.39. The van der Waals surface area contributed by atoms with Gasteiger partial charge in [-0.3, -0.25) is 4.79 Å². The molecule has 0 aromatic carbocycles. The summed E-state index contributed by atoms with van der Waals surface area (Å²) in [6.07, 6.45) is 4.64. The molecule has 1 amide bonds. The third-order valence-electron chi connectivity index (χ3n) is 4.00. The van der Waals surface area contributed by atoms with Gasteiger partial charge in [0.25, 0.3) is 5.91 Å². The summed E-state index contributed by atoms with van der Waals surface area (Å²) in [5.41, 5.74) is 5.90. The summed E-state index contributed by atoms with van der Waals surface area (Å²) in [4.78, 5) is 21.2. The molecule has 1 heterocycles. The highest BCUT2D eigenvalue weighted by atomic mass is 32.1. The van der Waals surface area contributed by atoms with Crippen molar-refractivity contribution < 1.29 is 4.79 Å². The van der Waals surface area contributed by atoms with Gasteiger partial charge >= 0.3 is 0 Å². The third-order valence-corrected chi connectivity index (χ3v) is 5.22. The van der Waals surface area contributed by atoms with Crippen molar-refractivity contribution in [2.45, 2.75) is 38.6 Å². The zero-order chi connectivity index (χ0) is 14.9. The van der Waals surface area contributed by atoms with Crippen LogP contribution in [0, 0.1) is 5.92 Å². The Morgan fingerprint density at radius 1 is 1.35 bits per heavy atom. The highest BCUT2D eigenvalue weighted by molar-refractivity contribution is 7.18. The fourth-order valence-corrected chi connectivity index (χ4v) is 3.64. The minimum Gasteiger partial charge on any atom is -0.382 e. The Kier molecular flexibility index (Phi) is 4.52. The molecule has 1 fully saturated rings. The second-order valence-corrected chi connectivity index (χ2v) is 6.92. The molecule has 1 aliphatic rings. The Balaban J connectivity index is 2.14. The van der Waals surface area contributed by atoms with Crippen LogP contribution in [0.2, 0.25) is 0 Å². The van der Waals surface area contributed by atoms with Gasteiger partial charge in [0.1, 0.15) is 10.7 Å². The number of aromatic nitrogens is 1. The topological polar surface area (TPSA) is 62.5 Å². The van der Waals surface area contributed by atoms with E-state index in [9.17, 15) is 4.79 Å². The summed E-state index contributed by atoms with van der Waals surface area (Å²) in [6.45, 7) is 2.26. The van der Waals surface area contributed by atoms with Crippen LogP contribution in [0.4, 0.5) is 10.9 Å². The number of carbonyl (C=O) groups excluding carboxylic acids is 1. The van der Waals surface area contributed by atoms with E-state index >= 15 is 0 Å². The van der Waals surface area contributed by atoms with E-state index in [0.717, 1.165) is 18.0 Å². The molecule has 2 rings (SSSR count). The maximum Gasteiger partial charge on any atom is 0.267 e. The molecule has 1 saturated carbocycles. The molecule has 20 heavy (non-hydrogen) atoms. The minimum atomic E-state index is 0.00667. The van der Waals surface area contributed by atoms with Gasteiger partial charge in [0, 0.05) is 27.2 Å². The quantitative estimate of drug-likeness (QED) is 0.930. The van der Waals surface area contributed by atoms with Crippen LogP contribution < -0.4 is 10.6 Å². The van der Waals surface area contributed by atoms with Gasteiger partial charge in [-0.25, -0.2) is 4.98 Å². The number of amides is 1. The summed E-state index contributed by atoms with van der Waals surface area (Å²) in [5.74, 6) is 1.05. The van der Waals surface area contributed by atoms with Crippen LogP contribution in [0.25, 0.3) is 0 Å². The molecule has 2 atom stereocenters. The van der Waals surface area contributed by atoms with Crippen molar-refractivity contribution in [3.63, 3.8) is 0 Å². The van der Waals surface area contributed by atoms with E-state index < -0.39 is 0 Å². The summed E-state index contributed by atoms with van der Waals surface area (Å²) < 4.78 is 0. The van der Waals surface area contributed by atoms with E-state index in [4.69, 9.17) is 5.73 Å². The van der Waals surface area contributed by atoms with E-state index in [1.807, 2.05) is 30.9 Å². The van der Waals surface area contributed by atoms with Gasteiger partial charge in [0.05, 0.1) is 0 Å². The third kappa shape index (κ3) is 3.06. The zero-order valence-electron chi connectivity index (χ0n) is 12.7. The van der Waals surface area contributed by atoms with Gasteiger partial charge in [-0.2, -0.15) is 0 Å². The first-order valence-corrected chi connectivity index (χ1v) is 7.92. The SMILES string of the molecule is CC1CCCC(N(C)C(=O)c2sc(N(C)C)nc2N)C1. The Morgan fingerprint density at radius 3 is 2.60 bits per heavy atom. The lowest BCUT2D eigenvalue weighted by molar-refractivity contribution is 0.0678. The van der Waals surface area contributed by atoms with Crippen molar-refractivity contribution in [1.29, 1.82) is 0 Å². The van der Waals surface area contributed by atoms with Crippen molar-refractivity contribution >= 4 is 28.2 Å². The predicted octanol–water partition coefficient (Wildman–Crippen LogP) is 2.44. The van der Waals surface area contributed by atoms with Crippen molar-refractivity contribution in [1.82, 2.24) is 9.88 Å². The molecule has 1 aromatic heterocycles. The maximum absolute atomic E-state index is 12.6. The number of hydrogen-bond acceptors (Lipinski definition) is 5. The predicted molar refractivity (Wildman–Crippen MR) is 84.4 cm³/mol. The van der Waals surface area contributed by atoms with E-state index in [1.165, 1.54) is 24.2 Å². The summed E-state index contributed by atoms with van der Waals surface area (Å²) in [6, 6.07) is 0.329. The standard InChI is InChI=1S/C14H24N4OS/c1-9-6-5-7-10(8-9)18(4)13(19)11-12(15)16-14(20-11)17(2)3/h9-10H,5-8,15H2,1-4H3. The molecule has 112 valence electrons. The molecule has 1 aromatic rings. The molecule has 0 aliphatic heterocycles. The van der Waals surface area contributed by atoms with Gasteiger partial charge in [0.15, 0.2) is 5.13 Å². The Labute approximate surface area is 124 Å². The Morgan fingerprint density at radius 2 is 2.05 bits per heavy atom. The van der Waals surface area contributed by atoms with Crippen LogP contribution in [0.5, 0.6) is 0 Å². The van der Waals surface area contributed by atoms with Crippen LogP contribution in [0.1, 0.15) is 42.3 Å². The normalized spacial score (nSPS) is 22.6. The minimum absolute atomic E-state index is 0.00667. The molecule has 0 bridgehead atoms. The monoisotopic (exact) mass is 296 g/mol. The van der Waals surface area contributed by atoms with Crippen LogP contribution in [0.15, 0.2) is 0 Å². The molecule has 1 aliphatic carbocycles. The van der Waals surface area contributed by atoms with Crippen LogP contribution in [-0.2, 0) is 0 Å². The number of nitrogen functional groups attached to an aromatic ring is 1. The van der Waals surface area contributed by atoms with Gasteiger partial charge in [-0.05, 0) is 18.8 Å². The molecule has 5 nitrogen and oxygen atoms in total. The van der Waals surface area contributed by atoms with Crippen LogP contribution in [0.3, 0.4) is 0 Å². The zero-order valence-corrected chi connectivity index (χ0v) is 13.5. The molecule has 0 saturated heterocycles. The average Bonchev–Trinajstić information content (AvgIpc) is 2.79. The number of hydrogen-bond donors (Lipinski definition) is 1. The summed E-state index contributed by atoms with van der Waals surface area (Å²) in [5, 5.41) is 0.774. The van der Waals surface area contributed by atoms with E-state index in [2.05, 4.69) is 11.9 Å². The van der Waals surface area contributed by atoms with Gasteiger partial charge in [-0.1, -0.05) is 31.1 Å². The maximum atomic E-state index is 12.6. The first kappa shape index (κ1) is 15.1. The number of nitrogens with zero attached hydrogens (tertiary/aromatic N) is 3. The van der Waals surface area contributed by atoms with Crippen molar-refractivity contribution in [2.24, 2.45) is 5.92 Å². The molecule has 2 unspecified atom stereocenters. The molecular formula is C14H24N4OS. The Hall–Kier alpha value is -1.30. The summed E-state index contributed by atoms with van der Waals surface area (Å²) >= 11 is 1.37. The first-order valence-electron chi connectivity index (χ1n) is 7.11. The van der Waals surface area contributed by atoms with Gasteiger partial charge in [-0.15, -0.1) is 0 Å². The van der Waals surface area contributed by atoms with Crippen LogP contribution in [-0.4, -0.2) is 43.0 Å². The summed E-state index contributed by atoms with van der Waals surface area (Å²) in [7, 11) is 5.69. The number of anilines is 2. The van der Waals surface area contributed by atoms with Crippen molar-refractivity contribution in [3.8, 4) is 0 Å². The molecule has 0 radical (unpaired) electrons. The molecule has 2 N–H and O–H groups in total. The number of rotatable bonds is 3. The van der Waals surface area contributed by atoms with E-state index in [0.29, 0.717) is 22.7 Å². The first-order chi connectivity index (χ1) is 9.40. The lowest BCUT2D eigenvalue weighted by atomic mass is 9.86. The second kappa shape index (κ2) is 5.99. The largest absolute Gasteiger partial charge is 0.382 e.